The van der Waals surface area contributed by atoms with Crippen molar-refractivity contribution in [3.63, 3.8) is 0 Å². The molecular weight excluding hydrogens is 270 g/mol. The van der Waals surface area contributed by atoms with Gasteiger partial charge in [-0.05, 0) is 29.2 Å². The van der Waals surface area contributed by atoms with Crippen molar-refractivity contribution in [2.45, 2.75) is 19.8 Å². The highest BCUT2D eigenvalue weighted by Crippen LogP contribution is 2.35. The summed E-state index contributed by atoms with van der Waals surface area (Å²) >= 11 is 0. The molecule has 2 nitrogen and oxygen atoms in total. The van der Waals surface area contributed by atoms with Gasteiger partial charge >= 0.3 is 0 Å². The van der Waals surface area contributed by atoms with E-state index in [0.29, 0.717) is 11.6 Å². The third-order valence-corrected chi connectivity index (χ3v) is 4.16. The van der Waals surface area contributed by atoms with Crippen LogP contribution in [-0.4, -0.2) is 4.98 Å². The maximum absolute atomic E-state index is 6.00. The SMILES string of the molecule is CC(C)c1ccc(-c2cccc3c2oc2ncccc23)cc1. The van der Waals surface area contributed by atoms with Gasteiger partial charge in [0.15, 0.2) is 0 Å². The molecule has 108 valence electrons. The molecule has 0 N–H and O–H groups in total. The van der Waals surface area contributed by atoms with Crippen LogP contribution < -0.4 is 0 Å². The molecule has 0 radical (unpaired) electrons. The number of hydrogen-bond donors (Lipinski definition) is 0. The predicted molar refractivity (Wildman–Crippen MR) is 91.0 cm³/mol. The monoisotopic (exact) mass is 287 g/mol. The number of pyridine rings is 1. The van der Waals surface area contributed by atoms with E-state index in [1.165, 1.54) is 11.1 Å². The molecule has 0 saturated heterocycles. The molecule has 22 heavy (non-hydrogen) atoms. The summed E-state index contributed by atoms with van der Waals surface area (Å²) in [7, 11) is 0. The van der Waals surface area contributed by atoms with Gasteiger partial charge in [0.05, 0.1) is 0 Å². The van der Waals surface area contributed by atoms with Gasteiger partial charge in [0.25, 0.3) is 0 Å². The van der Waals surface area contributed by atoms with Crippen LogP contribution in [0.25, 0.3) is 33.2 Å². The lowest BCUT2D eigenvalue weighted by Crippen LogP contribution is -1.86. The Balaban J connectivity index is 1.94. The van der Waals surface area contributed by atoms with Crippen molar-refractivity contribution in [2.24, 2.45) is 0 Å². The Labute approximate surface area is 129 Å². The van der Waals surface area contributed by atoms with Crippen LogP contribution in [0.3, 0.4) is 0 Å². The summed E-state index contributed by atoms with van der Waals surface area (Å²) in [5.74, 6) is 0.542. The Morgan fingerprint density at radius 3 is 2.41 bits per heavy atom. The smallest absolute Gasteiger partial charge is 0.227 e. The van der Waals surface area contributed by atoms with Crippen LogP contribution in [0, 0.1) is 0 Å². The van der Waals surface area contributed by atoms with Crippen molar-refractivity contribution in [1.82, 2.24) is 4.98 Å². The molecule has 2 aromatic carbocycles. The molecule has 0 bridgehead atoms. The summed E-state index contributed by atoms with van der Waals surface area (Å²) in [4.78, 5) is 4.32. The summed E-state index contributed by atoms with van der Waals surface area (Å²) in [6.45, 7) is 4.42. The lowest BCUT2D eigenvalue weighted by molar-refractivity contribution is 0.655. The van der Waals surface area contributed by atoms with Crippen LogP contribution in [0.15, 0.2) is 65.2 Å². The predicted octanol–water partition coefficient (Wildman–Crippen LogP) is 5.77. The van der Waals surface area contributed by atoms with Crippen molar-refractivity contribution in [1.29, 1.82) is 0 Å². The zero-order valence-corrected chi connectivity index (χ0v) is 12.7. The molecule has 0 amide bonds. The molecule has 0 aliphatic heterocycles. The number of furan rings is 1. The Kier molecular flexibility index (Phi) is 2.97. The molecule has 0 atom stereocenters. The second kappa shape index (κ2) is 4.99. The summed E-state index contributed by atoms with van der Waals surface area (Å²) in [5, 5.41) is 2.19. The first-order valence-corrected chi connectivity index (χ1v) is 7.60. The van der Waals surface area contributed by atoms with E-state index in [0.717, 1.165) is 21.9 Å². The lowest BCUT2D eigenvalue weighted by atomic mass is 9.98. The van der Waals surface area contributed by atoms with Gasteiger partial charge in [0.1, 0.15) is 5.58 Å². The Bertz CT molecular complexity index is 948. The number of fused-ring (bicyclic) bond motifs is 3. The largest absolute Gasteiger partial charge is 0.437 e. The highest BCUT2D eigenvalue weighted by molar-refractivity contribution is 6.08. The zero-order chi connectivity index (χ0) is 15.1. The fourth-order valence-electron chi connectivity index (χ4n) is 2.91. The normalized spacial score (nSPS) is 11.6. The summed E-state index contributed by atoms with van der Waals surface area (Å²) in [5.41, 5.74) is 5.25. The highest BCUT2D eigenvalue weighted by Gasteiger charge is 2.12. The molecule has 0 unspecified atom stereocenters. The van der Waals surface area contributed by atoms with Gasteiger partial charge in [0.2, 0.25) is 5.71 Å². The number of benzene rings is 2. The second-order valence-electron chi connectivity index (χ2n) is 5.92. The minimum atomic E-state index is 0.542. The molecule has 2 heterocycles. The van der Waals surface area contributed by atoms with E-state index in [4.69, 9.17) is 4.42 Å². The van der Waals surface area contributed by atoms with E-state index in [-0.39, 0.29) is 0 Å². The van der Waals surface area contributed by atoms with Gasteiger partial charge in [-0.1, -0.05) is 56.3 Å². The van der Waals surface area contributed by atoms with Gasteiger partial charge in [-0.25, -0.2) is 4.98 Å². The minimum absolute atomic E-state index is 0.542. The molecule has 2 heteroatoms. The van der Waals surface area contributed by atoms with E-state index in [1.807, 2.05) is 6.07 Å². The van der Waals surface area contributed by atoms with Crippen LogP contribution in [-0.2, 0) is 0 Å². The van der Waals surface area contributed by atoms with Gasteiger partial charge < -0.3 is 4.42 Å². The van der Waals surface area contributed by atoms with Gasteiger partial charge in [-0.15, -0.1) is 0 Å². The minimum Gasteiger partial charge on any atom is -0.437 e. The van der Waals surface area contributed by atoms with Gasteiger partial charge in [0, 0.05) is 22.5 Å². The van der Waals surface area contributed by atoms with Gasteiger partial charge in [-0.2, -0.15) is 0 Å². The zero-order valence-electron chi connectivity index (χ0n) is 12.7. The first-order chi connectivity index (χ1) is 10.7. The maximum atomic E-state index is 6.00. The average molecular weight is 287 g/mol. The molecule has 2 aromatic heterocycles. The Morgan fingerprint density at radius 1 is 0.864 bits per heavy atom. The van der Waals surface area contributed by atoms with Crippen LogP contribution in [0.2, 0.25) is 0 Å². The number of rotatable bonds is 2. The van der Waals surface area contributed by atoms with E-state index in [9.17, 15) is 0 Å². The summed E-state index contributed by atoms with van der Waals surface area (Å²) < 4.78 is 6.00. The van der Waals surface area contributed by atoms with Crippen molar-refractivity contribution in [2.75, 3.05) is 0 Å². The Morgan fingerprint density at radius 2 is 1.64 bits per heavy atom. The van der Waals surface area contributed by atoms with Crippen molar-refractivity contribution in [3.05, 3.63) is 66.4 Å². The van der Waals surface area contributed by atoms with Crippen LogP contribution in [0.5, 0.6) is 0 Å². The highest BCUT2D eigenvalue weighted by atomic mass is 16.3. The van der Waals surface area contributed by atoms with Crippen LogP contribution >= 0.6 is 0 Å². The summed E-state index contributed by atoms with van der Waals surface area (Å²) in [6.07, 6.45) is 1.77. The fourth-order valence-corrected chi connectivity index (χ4v) is 2.91. The van der Waals surface area contributed by atoms with Crippen molar-refractivity contribution >= 4 is 22.1 Å². The van der Waals surface area contributed by atoms with E-state index in [1.54, 1.807) is 6.20 Å². The molecule has 0 aliphatic carbocycles. The number of hydrogen-bond acceptors (Lipinski definition) is 2. The topological polar surface area (TPSA) is 26.0 Å². The third-order valence-electron chi connectivity index (χ3n) is 4.16. The Hall–Kier alpha value is -2.61. The average Bonchev–Trinajstić information content (AvgIpc) is 2.93. The molecular formula is C20H17NO. The van der Waals surface area contributed by atoms with Crippen LogP contribution in [0.4, 0.5) is 0 Å². The van der Waals surface area contributed by atoms with E-state index in [2.05, 4.69) is 67.4 Å². The first-order valence-electron chi connectivity index (χ1n) is 7.60. The maximum Gasteiger partial charge on any atom is 0.227 e. The molecule has 0 saturated carbocycles. The molecule has 0 aliphatic rings. The number of aromatic nitrogens is 1. The second-order valence-corrected chi connectivity index (χ2v) is 5.92. The van der Waals surface area contributed by atoms with Gasteiger partial charge in [-0.3, -0.25) is 0 Å². The molecule has 4 rings (SSSR count). The molecule has 4 aromatic rings. The number of para-hydroxylation sites is 1. The van der Waals surface area contributed by atoms with E-state index < -0.39 is 0 Å². The molecule has 0 fully saturated rings. The molecule has 0 spiro atoms. The van der Waals surface area contributed by atoms with Crippen molar-refractivity contribution < 1.29 is 4.42 Å². The first kappa shape index (κ1) is 13.1. The number of nitrogens with zero attached hydrogens (tertiary/aromatic N) is 1. The van der Waals surface area contributed by atoms with E-state index >= 15 is 0 Å². The standard InChI is InChI=1S/C20H17NO/c1-13(2)14-8-10-15(11-9-14)16-5-3-6-17-18-7-4-12-21-20(18)22-19(16)17/h3-13H,1-2H3. The quantitative estimate of drug-likeness (QED) is 0.467. The summed E-state index contributed by atoms with van der Waals surface area (Å²) in [6, 6.07) is 19.0. The fraction of sp³-hybridized carbons (Fsp3) is 0.150. The van der Waals surface area contributed by atoms with Crippen molar-refractivity contribution in [3.8, 4) is 11.1 Å². The lowest BCUT2D eigenvalue weighted by Gasteiger charge is -2.07. The van der Waals surface area contributed by atoms with Crippen LogP contribution in [0.1, 0.15) is 25.3 Å². The third kappa shape index (κ3) is 2.00.